The van der Waals surface area contributed by atoms with Crippen LogP contribution >= 0.6 is 0 Å². The van der Waals surface area contributed by atoms with Crippen molar-refractivity contribution in [3.05, 3.63) is 53.6 Å². The minimum absolute atomic E-state index is 0.239. The number of hydrogen-bond donors (Lipinski definition) is 1. The van der Waals surface area contributed by atoms with Crippen molar-refractivity contribution in [2.24, 2.45) is 0 Å². The average Bonchev–Trinajstić information content (AvgIpc) is 2.71. The molecule has 1 saturated heterocycles. The third kappa shape index (κ3) is 4.55. The van der Waals surface area contributed by atoms with Gasteiger partial charge < -0.3 is 19.5 Å². The van der Waals surface area contributed by atoms with E-state index in [2.05, 4.69) is 21.9 Å². The molecule has 0 saturated carbocycles. The van der Waals surface area contributed by atoms with Crippen LogP contribution in [0.1, 0.15) is 18.1 Å². The fourth-order valence-electron chi connectivity index (χ4n) is 3.45. The molecule has 1 fully saturated rings. The summed E-state index contributed by atoms with van der Waals surface area (Å²) >= 11 is 0. The lowest BCUT2D eigenvalue weighted by Gasteiger charge is -2.36. The van der Waals surface area contributed by atoms with Gasteiger partial charge >= 0.3 is 0 Å². The van der Waals surface area contributed by atoms with Crippen LogP contribution in [-0.2, 0) is 6.54 Å². The van der Waals surface area contributed by atoms with Gasteiger partial charge in [-0.15, -0.1) is 0 Å². The lowest BCUT2D eigenvalue weighted by Crippen LogP contribution is -2.45. The number of rotatable bonds is 6. The van der Waals surface area contributed by atoms with Gasteiger partial charge in [-0.3, -0.25) is 4.90 Å². The number of phenolic OH excluding ortho intramolecular Hbond substituents is 1. The Hall–Kier alpha value is -2.66. The number of piperazine rings is 1. The fourth-order valence-corrected chi connectivity index (χ4v) is 3.45. The van der Waals surface area contributed by atoms with E-state index in [1.54, 1.807) is 14.2 Å². The Balaban J connectivity index is 1.65. The van der Waals surface area contributed by atoms with Crippen LogP contribution in [0.25, 0.3) is 6.08 Å². The lowest BCUT2D eigenvalue weighted by molar-refractivity contribution is 0.245. The summed E-state index contributed by atoms with van der Waals surface area (Å²) in [7, 11) is 3.27. The first-order chi connectivity index (χ1) is 13.1. The number of benzene rings is 2. The summed E-state index contributed by atoms with van der Waals surface area (Å²) in [5.74, 6) is 1.64. The molecule has 27 heavy (non-hydrogen) atoms. The molecule has 1 N–H and O–H groups in total. The molecule has 0 amide bonds. The van der Waals surface area contributed by atoms with Crippen molar-refractivity contribution < 1.29 is 14.6 Å². The van der Waals surface area contributed by atoms with Gasteiger partial charge in [-0.25, -0.2) is 0 Å². The summed E-state index contributed by atoms with van der Waals surface area (Å²) in [5, 5.41) is 10.5. The van der Waals surface area contributed by atoms with Gasteiger partial charge in [0.05, 0.1) is 14.2 Å². The number of ether oxygens (including phenoxy) is 2. The second-order valence-corrected chi connectivity index (χ2v) is 6.69. The highest BCUT2D eigenvalue weighted by Gasteiger charge is 2.19. The van der Waals surface area contributed by atoms with E-state index in [1.807, 2.05) is 43.3 Å². The van der Waals surface area contributed by atoms with E-state index in [9.17, 15) is 5.11 Å². The van der Waals surface area contributed by atoms with Gasteiger partial charge in [-0.1, -0.05) is 12.2 Å². The van der Waals surface area contributed by atoms with Crippen molar-refractivity contribution >= 4 is 11.8 Å². The van der Waals surface area contributed by atoms with Crippen LogP contribution in [0, 0.1) is 0 Å². The summed E-state index contributed by atoms with van der Waals surface area (Å²) in [5.41, 5.74) is 3.16. The zero-order valence-electron chi connectivity index (χ0n) is 16.3. The SMILES string of the molecule is CC=Cc1cc(CN2CCN(c3ccc(OC)cc3)CC2)c(O)c(OC)c1. The standard InChI is InChI=1S/C22H28N2O3/c1-4-5-17-14-18(22(25)21(15-17)27-3)16-23-10-12-24(13-11-23)19-6-8-20(26-2)9-7-19/h4-9,14-15,25H,10-13,16H2,1-3H3. The molecule has 1 aliphatic heterocycles. The van der Waals surface area contributed by atoms with Crippen molar-refractivity contribution in [2.75, 3.05) is 45.3 Å². The van der Waals surface area contributed by atoms with Crippen LogP contribution in [0.15, 0.2) is 42.5 Å². The van der Waals surface area contributed by atoms with Crippen LogP contribution in [0.2, 0.25) is 0 Å². The van der Waals surface area contributed by atoms with Gasteiger partial charge in [0.15, 0.2) is 11.5 Å². The van der Waals surface area contributed by atoms with E-state index < -0.39 is 0 Å². The van der Waals surface area contributed by atoms with E-state index in [4.69, 9.17) is 9.47 Å². The topological polar surface area (TPSA) is 45.2 Å². The van der Waals surface area contributed by atoms with Gasteiger partial charge in [0, 0.05) is 44.0 Å². The van der Waals surface area contributed by atoms with E-state index in [1.165, 1.54) is 5.69 Å². The molecule has 0 aliphatic carbocycles. The molecule has 0 atom stereocenters. The Morgan fingerprint density at radius 1 is 1.00 bits per heavy atom. The van der Waals surface area contributed by atoms with Gasteiger partial charge in [0.2, 0.25) is 0 Å². The molecule has 2 aromatic rings. The first kappa shape index (κ1) is 19.1. The molecular formula is C22H28N2O3. The van der Waals surface area contributed by atoms with Gasteiger partial charge in [0.1, 0.15) is 5.75 Å². The maximum Gasteiger partial charge on any atom is 0.162 e. The number of aromatic hydroxyl groups is 1. The Morgan fingerprint density at radius 2 is 1.70 bits per heavy atom. The molecule has 144 valence electrons. The highest BCUT2D eigenvalue weighted by Crippen LogP contribution is 2.33. The highest BCUT2D eigenvalue weighted by molar-refractivity contribution is 5.58. The minimum Gasteiger partial charge on any atom is -0.504 e. The molecule has 0 radical (unpaired) electrons. The molecule has 0 aromatic heterocycles. The molecular weight excluding hydrogens is 340 g/mol. The first-order valence-electron chi connectivity index (χ1n) is 9.28. The van der Waals surface area contributed by atoms with Crippen molar-refractivity contribution in [3.8, 4) is 17.2 Å². The third-order valence-corrected chi connectivity index (χ3v) is 4.96. The number of phenols is 1. The van der Waals surface area contributed by atoms with Crippen molar-refractivity contribution in [3.63, 3.8) is 0 Å². The summed E-state index contributed by atoms with van der Waals surface area (Å²) in [4.78, 5) is 4.75. The Bertz CT molecular complexity index is 779. The molecule has 0 spiro atoms. The monoisotopic (exact) mass is 368 g/mol. The summed E-state index contributed by atoms with van der Waals surface area (Å²) in [6, 6.07) is 12.1. The highest BCUT2D eigenvalue weighted by atomic mass is 16.5. The van der Waals surface area contributed by atoms with Crippen LogP contribution in [0.4, 0.5) is 5.69 Å². The van der Waals surface area contributed by atoms with Crippen molar-refractivity contribution in [1.29, 1.82) is 0 Å². The molecule has 0 unspecified atom stereocenters. The minimum atomic E-state index is 0.239. The molecule has 3 rings (SSSR count). The largest absolute Gasteiger partial charge is 0.504 e. The van der Waals surface area contributed by atoms with E-state index in [0.29, 0.717) is 12.3 Å². The molecule has 2 aromatic carbocycles. The van der Waals surface area contributed by atoms with Gasteiger partial charge in [-0.05, 0) is 48.9 Å². The van der Waals surface area contributed by atoms with E-state index >= 15 is 0 Å². The van der Waals surface area contributed by atoms with Crippen molar-refractivity contribution in [1.82, 2.24) is 4.90 Å². The second-order valence-electron chi connectivity index (χ2n) is 6.69. The normalized spacial score (nSPS) is 15.3. The van der Waals surface area contributed by atoms with Crippen molar-refractivity contribution in [2.45, 2.75) is 13.5 Å². The number of methoxy groups -OCH3 is 2. The molecule has 1 aliphatic rings. The quantitative estimate of drug-likeness (QED) is 0.841. The summed E-state index contributed by atoms with van der Waals surface area (Å²) < 4.78 is 10.6. The molecule has 5 nitrogen and oxygen atoms in total. The fraction of sp³-hybridized carbons (Fsp3) is 0.364. The van der Waals surface area contributed by atoms with Crippen LogP contribution < -0.4 is 14.4 Å². The third-order valence-electron chi connectivity index (χ3n) is 4.96. The van der Waals surface area contributed by atoms with Crippen LogP contribution in [0.3, 0.4) is 0 Å². The zero-order valence-corrected chi connectivity index (χ0v) is 16.3. The molecule has 5 heteroatoms. The van der Waals surface area contributed by atoms with Crippen LogP contribution in [0.5, 0.6) is 17.2 Å². The number of anilines is 1. The maximum atomic E-state index is 10.5. The summed E-state index contributed by atoms with van der Waals surface area (Å²) in [6.07, 6.45) is 4.01. The molecule has 0 bridgehead atoms. The Kier molecular flexibility index (Phi) is 6.24. The Labute approximate surface area is 161 Å². The number of allylic oxidation sites excluding steroid dienone is 1. The Morgan fingerprint density at radius 3 is 2.30 bits per heavy atom. The zero-order chi connectivity index (χ0) is 19.2. The number of nitrogens with zero attached hydrogens (tertiary/aromatic N) is 2. The molecule has 1 heterocycles. The van der Waals surface area contributed by atoms with Gasteiger partial charge in [0.25, 0.3) is 0 Å². The van der Waals surface area contributed by atoms with E-state index in [-0.39, 0.29) is 5.75 Å². The average molecular weight is 368 g/mol. The lowest BCUT2D eigenvalue weighted by atomic mass is 10.1. The predicted molar refractivity (Wildman–Crippen MR) is 110 cm³/mol. The summed E-state index contributed by atoms with van der Waals surface area (Å²) in [6.45, 7) is 6.50. The smallest absolute Gasteiger partial charge is 0.162 e. The predicted octanol–water partition coefficient (Wildman–Crippen LogP) is 3.76. The maximum absolute atomic E-state index is 10.5. The first-order valence-corrected chi connectivity index (χ1v) is 9.28. The van der Waals surface area contributed by atoms with Crippen LogP contribution in [-0.4, -0.2) is 50.4 Å². The second kappa shape index (κ2) is 8.82. The van der Waals surface area contributed by atoms with Gasteiger partial charge in [-0.2, -0.15) is 0 Å². The number of hydrogen-bond acceptors (Lipinski definition) is 5. The van der Waals surface area contributed by atoms with E-state index in [0.717, 1.165) is 43.1 Å².